The molecule has 3 nitrogen and oxygen atoms in total. The average molecular weight is 1060 g/mol. The lowest BCUT2D eigenvalue weighted by Crippen LogP contribution is -2.28. The zero-order chi connectivity index (χ0) is 55.0. The van der Waals surface area contributed by atoms with Crippen LogP contribution in [0.25, 0.3) is 110 Å². The van der Waals surface area contributed by atoms with E-state index in [4.69, 9.17) is 8.83 Å². The van der Waals surface area contributed by atoms with E-state index in [0.717, 1.165) is 88.6 Å². The largest absolute Gasteiger partial charge is 0.455 e. The average Bonchev–Trinajstić information content (AvgIpc) is 2.43. The van der Waals surface area contributed by atoms with Crippen molar-refractivity contribution in [3.63, 3.8) is 0 Å². The Morgan fingerprint density at radius 3 is 1.41 bits per heavy atom. The van der Waals surface area contributed by atoms with E-state index in [1.165, 1.54) is 72.1 Å². The number of rotatable bonds is 8. The van der Waals surface area contributed by atoms with Crippen LogP contribution in [-0.2, 0) is 10.8 Å². The van der Waals surface area contributed by atoms with Crippen LogP contribution in [0.5, 0.6) is 0 Å². The van der Waals surface area contributed by atoms with Crippen molar-refractivity contribution in [3.8, 4) is 55.6 Å². The summed E-state index contributed by atoms with van der Waals surface area (Å²) in [5.41, 5.74) is 25.6. The van der Waals surface area contributed by atoms with Gasteiger partial charge in [0.15, 0.2) is 0 Å². The minimum atomic E-state index is -0.608. The van der Waals surface area contributed by atoms with Crippen LogP contribution >= 0.6 is 0 Å². The minimum Gasteiger partial charge on any atom is -0.455 e. The third kappa shape index (κ3) is 6.92. The van der Waals surface area contributed by atoms with E-state index in [-0.39, 0.29) is 5.41 Å². The Labute approximate surface area is 481 Å². The Kier molecular flexibility index (Phi) is 10.3. The van der Waals surface area contributed by atoms with Gasteiger partial charge in [-0.05, 0) is 132 Å². The van der Waals surface area contributed by atoms with Crippen molar-refractivity contribution in [2.24, 2.45) is 0 Å². The fourth-order valence-electron chi connectivity index (χ4n) is 14.6. The molecule has 2 aliphatic carbocycles. The molecule has 17 rings (SSSR count). The van der Waals surface area contributed by atoms with E-state index < -0.39 is 5.41 Å². The number of anilines is 3. The molecule has 0 spiro atoms. The molecule has 13 aromatic carbocycles. The Balaban J connectivity index is 0.825. The topological polar surface area (TPSA) is 29.5 Å². The first-order valence-corrected chi connectivity index (χ1v) is 28.8. The molecule has 15 aromatic rings. The molecule has 0 fully saturated rings. The zero-order valence-corrected chi connectivity index (χ0v) is 45.9. The SMILES string of the molecule is CC1(C)c2ccccc2-c2ccc(N(c3ccc(-c4cccc5c4oc4ccccc45)cc3)c3ccc(-c4ccc5c(c4)C(c4ccccc4)(c4ccc(-c6cccc7c6oc6ccccc67)cc4)c4ccccc4-5)c4ccccc34)cc21. The highest BCUT2D eigenvalue weighted by Gasteiger charge is 2.46. The predicted octanol–water partition coefficient (Wildman–Crippen LogP) is 21.8. The molecule has 2 aliphatic rings. The van der Waals surface area contributed by atoms with Gasteiger partial charge < -0.3 is 13.7 Å². The first-order valence-electron chi connectivity index (χ1n) is 28.8. The van der Waals surface area contributed by atoms with Gasteiger partial charge >= 0.3 is 0 Å². The standard InChI is InChI=1S/C80H53NO2/c1-79(2)70-30-12-8-21-61(70)63-45-43-56(49-72(63)79)81(55-41-36-51(37-42-55)59-27-17-29-69-67-25-11-15-33-76(67)83-78(59)69)74-47-46-57(60-20-6-7-23-65(60)74)52-38-44-64-62-22-9-13-31-71(62)80(73(64)48-52,53-18-4-3-5-19-53)54-39-34-50(35-40-54)58-26-16-28-68-66-24-10-14-32-75(66)82-77(58)68/h3-49H,1-2H3. The smallest absolute Gasteiger partial charge is 0.143 e. The van der Waals surface area contributed by atoms with Crippen LogP contribution in [0.1, 0.15) is 47.2 Å². The van der Waals surface area contributed by atoms with Crippen molar-refractivity contribution in [3.05, 3.63) is 318 Å². The molecule has 1 atom stereocenters. The van der Waals surface area contributed by atoms with Crippen LogP contribution in [0.15, 0.2) is 294 Å². The molecule has 1 unspecified atom stereocenters. The van der Waals surface area contributed by atoms with Crippen LogP contribution in [0.4, 0.5) is 17.1 Å². The van der Waals surface area contributed by atoms with Crippen LogP contribution in [0, 0.1) is 0 Å². The maximum atomic E-state index is 6.57. The molecule has 0 radical (unpaired) electrons. The normalized spacial score (nSPS) is 14.8. The second kappa shape index (κ2) is 18.0. The molecule has 0 bridgehead atoms. The van der Waals surface area contributed by atoms with Gasteiger partial charge in [-0.2, -0.15) is 0 Å². The van der Waals surface area contributed by atoms with Crippen molar-refractivity contribution >= 4 is 71.7 Å². The van der Waals surface area contributed by atoms with Gasteiger partial charge in [-0.25, -0.2) is 0 Å². The third-order valence-corrected chi connectivity index (χ3v) is 18.4. The molecule has 2 heterocycles. The monoisotopic (exact) mass is 1060 g/mol. The first-order chi connectivity index (χ1) is 40.9. The molecule has 0 aliphatic heterocycles. The molecule has 83 heavy (non-hydrogen) atoms. The summed E-state index contributed by atoms with van der Waals surface area (Å²) in [4.78, 5) is 2.47. The Bertz CT molecular complexity index is 5120. The van der Waals surface area contributed by atoms with Gasteiger partial charge in [0, 0.05) is 54.8 Å². The van der Waals surface area contributed by atoms with Gasteiger partial charge in [0.05, 0.1) is 11.1 Å². The molecule has 0 saturated heterocycles. The highest BCUT2D eigenvalue weighted by atomic mass is 16.3. The van der Waals surface area contributed by atoms with Gasteiger partial charge in [0.2, 0.25) is 0 Å². The second-order valence-corrected chi connectivity index (χ2v) is 23.0. The van der Waals surface area contributed by atoms with Crippen molar-refractivity contribution < 1.29 is 8.83 Å². The zero-order valence-electron chi connectivity index (χ0n) is 45.9. The fraction of sp³-hybridized carbons (Fsp3) is 0.0500. The number of hydrogen-bond donors (Lipinski definition) is 0. The molecule has 0 N–H and O–H groups in total. The lowest BCUT2D eigenvalue weighted by molar-refractivity contribution is 0.660. The third-order valence-electron chi connectivity index (χ3n) is 18.4. The summed E-state index contributed by atoms with van der Waals surface area (Å²) in [5, 5.41) is 6.86. The minimum absolute atomic E-state index is 0.178. The molecular weight excluding hydrogens is 1010 g/mol. The van der Waals surface area contributed by atoms with Crippen LogP contribution in [0.2, 0.25) is 0 Å². The molecule has 3 heteroatoms. The van der Waals surface area contributed by atoms with Gasteiger partial charge in [-0.1, -0.05) is 250 Å². The second-order valence-electron chi connectivity index (χ2n) is 23.0. The number of hydrogen-bond acceptors (Lipinski definition) is 3. The Morgan fingerprint density at radius 2 is 0.735 bits per heavy atom. The molecule has 0 saturated carbocycles. The summed E-state index contributed by atoms with van der Waals surface area (Å²) in [6.45, 7) is 4.73. The summed E-state index contributed by atoms with van der Waals surface area (Å²) in [7, 11) is 0. The molecule has 390 valence electrons. The van der Waals surface area contributed by atoms with Crippen LogP contribution in [-0.4, -0.2) is 0 Å². The van der Waals surface area contributed by atoms with Crippen molar-refractivity contribution in [1.82, 2.24) is 0 Å². The first kappa shape index (κ1) is 47.3. The van der Waals surface area contributed by atoms with Gasteiger partial charge in [0.1, 0.15) is 22.3 Å². The van der Waals surface area contributed by atoms with E-state index in [9.17, 15) is 0 Å². The molecule has 2 aromatic heterocycles. The van der Waals surface area contributed by atoms with Gasteiger partial charge in [-0.3, -0.25) is 0 Å². The number of fused-ring (bicyclic) bond motifs is 13. The molecular formula is C80H53NO2. The van der Waals surface area contributed by atoms with Crippen molar-refractivity contribution in [2.75, 3.05) is 4.90 Å². The van der Waals surface area contributed by atoms with Crippen molar-refractivity contribution in [1.29, 1.82) is 0 Å². The van der Waals surface area contributed by atoms with Crippen molar-refractivity contribution in [2.45, 2.75) is 24.7 Å². The Morgan fingerprint density at radius 1 is 0.277 bits per heavy atom. The lowest BCUT2D eigenvalue weighted by atomic mass is 9.67. The number of benzene rings is 13. The quantitative estimate of drug-likeness (QED) is 0.152. The summed E-state index contributed by atoms with van der Waals surface area (Å²) in [6.07, 6.45) is 0. The number of furan rings is 2. The van der Waals surface area contributed by atoms with Gasteiger partial charge in [0.25, 0.3) is 0 Å². The van der Waals surface area contributed by atoms with E-state index >= 15 is 0 Å². The maximum Gasteiger partial charge on any atom is 0.143 e. The van der Waals surface area contributed by atoms with E-state index in [0.29, 0.717) is 0 Å². The molecule has 0 amide bonds. The maximum absolute atomic E-state index is 6.57. The highest BCUT2D eigenvalue weighted by molar-refractivity contribution is 6.11. The summed E-state index contributed by atoms with van der Waals surface area (Å²) >= 11 is 0. The summed E-state index contributed by atoms with van der Waals surface area (Å²) in [5.74, 6) is 0. The summed E-state index contributed by atoms with van der Waals surface area (Å²) in [6, 6.07) is 105. The number of nitrogens with zero attached hydrogens (tertiary/aromatic N) is 1. The van der Waals surface area contributed by atoms with E-state index in [1.54, 1.807) is 0 Å². The number of para-hydroxylation sites is 4. The van der Waals surface area contributed by atoms with Crippen LogP contribution in [0.3, 0.4) is 0 Å². The lowest BCUT2D eigenvalue weighted by Gasteiger charge is -2.34. The summed E-state index contributed by atoms with van der Waals surface area (Å²) < 4.78 is 13.1. The Hall–Kier alpha value is -10.5. The fourth-order valence-corrected chi connectivity index (χ4v) is 14.6. The van der Waals surface area contributed by atoms with Gasteiger partial charge in [-0.15, -0.1) is 0 Å². The van der Waals surface area contributed by atoms with E-state index in [1.807, 2.05) is 12.1 Å². The highest BCUT2D eigenvalue weighted by Crippen LogP contribution is 2.58. The predicted molar refractivity (Wildman–Crippen MR) is 344 cm³/mol. The van der Waals surface area contributed by atoms with Crippen LogP contribution < -0.4 is 4.90 Å². The van der Waals surface area contributed by atoms with E-state index in [2.05, 4.69) is 292 Å².